The topological polar surface area (TPSA) is 57.6 Å². The van der Waals surface area contributed by atoms with Crippen molar-refractivity contribution in [2.24, 2.45) is 5.92 Å². The molecule has 1 fully saturated rings. The van der Waals surface area contributed by atoms with Gasteiger partial charge in [-0.1, -0.05) is 39.0 Å². The number of aliphatic carboxylic acids is 1. The molecule has 18 heavy (non-hydrogen) atoms. The maximum atomic E-state index is 11.7. The monoisotopic (exact) mass is 255 g/mol. The molecule has 1 rings (SSSR count). The van der Waals surface area contributed by atoms with Gasteiger partial charge in [-0.2, -0.15) is 0 Å². The van der Waals surface area contributed by atoms with Gasteiger partial charge < -0.3 is 10.0 Å². The van der Waals surface area contributed by atoms with Crippen molar-refractivity contribution in [3.05, 3.63) is 0 Å². The molecule has 1 atom stereocenters. The maximum Gasteiger partial charge on any atom is 0.308 e. The average Bonchev–Trinajstić information content (AvgIpc) is 2.25. The zero-order valence-electron chi connectivity index (χ0n) is 11.5. The van der Waals surface area contributed by atoms with Gasteiger partial charge in [0.15, 0.2) is 0 Å². The fourth-order valence-electron chi connectivity index (χ4n) is 2.65. The highest BCUT2D eigenvalue weighted by Gasteiger charge is 2.25. The summed E-state index contributed by atoms with van der Waals surface area (Å²) in [7, 11) is 0. The standard InChI is InChI=1S/C14H25NO3/c1-11(14(17)18)10-15(12(2)16)13-8-6-4-3-5-7-9-13/h11,13H,3-10H2,1-2H3,(H,17,18). The van der Waals surface area contributed by atoms with Crippen LogP contribution in [-0.4, -0.2) is 34.5 Å². The quantitative estimate of drug-likeness (QED) is 0.840. The number of rotatable bonds is 4. The van der Waals surface area contributed by atoms with E-state index in [0.717, 1.165) is 25.7 Å². The van der Waals surface area contributed by atoms with Crippen LogP contribution in [0.4, 0.5) is 0 Å². The molecule has 0 heterocycles. The first kappa shape index (κ1) is 15.0. The molecular weight excluding hydrogens is 230 g/mol. The first-order valence-corrected chi connectivity index (χ1v) is 7.02. The number of nitrogens with zero attached hydrogens (tertiary/aromatic N) is 1. The summed E-state index contributed by atoms with van der Waals surface area (Å²) < 4.78 is 0. The van der Waals surface area contributed by atoms with Crippen molar-refractivity contribution in [1.29, 1.82) is 0 Å². The minimum absolute atomic E-state index is 0.00803. The van der Waals surface area contributed by atoms with E-state index in [0.29, 0.717) is 6.54 Å². The Morgan fingerprint density at radius 1 is 1.17 bits per heavy atom. The minimum Gasteiger partial charge on any atom is -0.481 e. The predicted molar refractivity (Wildman–Crippen MR) is 70.3 cm³/mol. The van der Waals surface area contributed by atoms with Crippen molar-refractivity contribution >= 4 is 11.9 Å². The first-order chi connectivity index (χ1) is 8.52. The molecule has 104 valence electrons. The molecular formula is C14H25NO3. The van der Waals surface area contributed by atoms with Gasteiger partial charge in [-0.15, -0.1) is 0 Å². The van der Waals surface area contributed by atoms with Gasteiger partial charge >= 0.3 is 5.97 Å². The Labute approximate surface area is 109 Å². The number of carboxylic acids is 1. The molecule has 1 N–H and O–H groups in total. The summed E-state index contributed by atoms with van der Waals surface area (Å²) in [6.45, 7) is 3.56. The summed E-state index contributed by atoms with van der Waals surface area (Å²) >= 11 is 0. The zero-order valence-corrected chi connectivity index (χ0v) is 11.5. The highest BCUT2D eigenvalue weighted by molar-refractivity contribution is 5.75. The molecule has 4 heteroatoms. The van der Waals surface area contributed by atoms with Crippen LogP contribution in [0.25, 0.3) is 0 Å². The molecule has 1 aliphatic carbocycles. The highest BCUT2D eigenvalue weighted by atomic mass is 16.4. The minimum atomic E-state index is -0.827. The second kappa shape index (κ2) is 7.39. The lowest BCUT2D eigenvalue weighted by Crippen LogP contribution is -2.43. The molecule has 1 aliphatic rings. The van der Waals surface area contributed by atoms with Gasteiger partial charge in [-0.05, 0) is 12.8 Å². The number of amides is 1. The molecule has 0 bridgehead atoms. The van der Waals surface area contributed by atoms with E-state index in [1.54, 1.807) is 18.7 Å². The summed E-state index contributed by atoms with van der Waals surface area (Å²) in [4.78, 5) is 24.4. The van der Waals surface area contributed by atoms with Crippen LogP contribution in [-0.2, 0) is 9.59 Å². The van der Waals surface area contributed by atoms with E-state index in [4.69, 9.17) is 5.11 Å². The molecule has 1 amide bonds. The molecule has 0 aromatic carbocycles. The molecule has 1 saturated carbocycles. The third kappa shape index (κ3) is 4.67. The summed E-state index contributed by atoms with van der Waals surface area (Å²) in [6, 6.07) is 0.240. The molecule has 0 aliphatic heterocycles. The average molecular weight is 255 g/mol. The van der Waals surface area contributed by atoms with Gasteiger partial charge in [-0.25, -0.2) is 0 Å². The second-order valence-corrected chi connectivity index (χ2v) is 5.41. The lowest BCUT2D eigenvalue weighted by Gasteiger charge is -2.33. The van der Waals surface area contributed by atoms with Crippen LogP contribution in [0, 0.1) is 5.92 Å². The number of hydrogen-bond donors (Lipinski definition) is 1. The Kier molecular flexibility index (Phi) is 6.16. The molecule has 4 nitrogen and oxygen atoms in total. The summed E-state index contributed by atoms with van der Waals surface area (Å²) in [5, 5.41) is 8.97. The largest absolute Gasteiger partial charge is 0.481 e. The van der Waals surface area contributed by atoms with Gasteiger partial charge in [0, 0.05) is 19.5 Å². The Balaban J connectivity index is 2.63. The van der Waals surface area contributed by atoms with Crippen LogP contribution in [0.2, 0.25) is 0 Å². The Hall–Kier alpha value is -1.06. The Bertz CT molecular complexity index is 283. The molecule has 0 aromatic heterocycles. The van der Waals surface area contributed by atoms with E-state index in [2.05, 4.69) is 0 Å². The number of carboxylic acid groups (broad SMARTS) is 1. The van der Waals surface area contributed by atoms with Crippen LogP contribution in [0.1, 0.15) is 58.8 Å². The third-order valence-electron chi connectivity index (χ3n) is 3.81. The SMILES string of the molecule is CC(=O)N(CC(C)C(=O)O)C1CCCCCCC1. The number of carbonyl (C=O) groups excluding carboxylic acids is 1. The van der Waals surface area contributed by atoms with Crippen LogP contribution >= 0.6 is 0 Å². The third-order valence-corrected chi connectivity index (χ3v) is 3.81. The van der Waals surface area contributed by atoms with Crippen molar-refractivity contribution in [3.63, 3.8) is 0 Å². The highest BCUT2D eigenvalue weighted by Crippen LogP contribution is 2.22. The van der Waals surface area contributed by atoms with Crippen molar-refractivity contribution in [2.45, 2.75) is 64.8 Å². The lowest BCUT2D eigenvalue weighted by molar-refractivity contribution is -0.143. The van der Waals surface area contributed by atoms with E-state index in [1.165, 1.54) is 19.3 Å². The van der Waals surface area contributed by atoms with Crippen molar-refractivity contribution in [1.82, 2.24) is 4.90 Å². The number of hydrogen-bond acceptors (Lipinski definition) is 2. The Morgan fingerprint density at radius 2 is 1.67 bits per heavy atom. The fraction of sp³-hybridized carbons (Fsp3) is 0.857. The van der Waals surface area contributed by atoms with Crippen molar-refractivity contribution < 1.29 is 14.7 Å². The van der Waals surface area contributed by atoms with E-state index < -0.39 is 11.9 Å². The summed E-state index contributed by atoms with van der Waals surface area (Å²) in [5.74, 6) is -1.31. The van der Waals surface area contributed by atoms with Crippen LogP contribution in [0.15, 0.2) is 0 Å². The van der Waals surface area contributed by atoms with Gasteiger partial charge in [0.25, 0.3) is 0 Å². The summed E-state index contributed by atoms with van der Waals surface area (Å²) in [6.07, 6.45) is 8.09. The zero-order chi connectivity index (χ0) is 13.5. The van der Waals surface area contributed by atoms with Gasteiger partial charge in [0.05, 0.1) is 5.92 Å². The van der Waals surface area contributed by atoms with Gasteiger partial charge in [0.2, 0.25) is 5.91 Å². The van der Waals surface area contributed by atoms with Crippen LogP contribution in [0.3, 0.4) is 0 Å². The molecule has 0 saturated heterocycles. The molecule has 0 radical (unpaired) electrons. The van der Waals surface area contributed by atoms with Crippen molar-refractivity contribution in [3.8, 4) is 0 Å². The number of carbonyl (C=O) groups is 2. The predicted octanol–water partition coefficient (Wildman–Crippen LogP) is 2.67. The van der Waals surface area contributed by atoms with E-state index in [9.17, 15) is 9.59 Å². The van der Waals surface area contributed by atoms with E-state index in [-0.39, 0.29) is 11.9 Å². The van der Waals surface area contributed by atoms with Crippen LogP contribution < -0.4 is 0 Å². The fourth-order valence-corrected chi connectivity index (χ4v) is 2.65. The maximum absolute atomic E-state index is 11.7. The summed E-state index contributed by atoms with van der Waals surface area (Å²) in [5.41, 5.74) is 0. The molecule has 0 aromatic rings. The lowest BCUT2D eigenvalue weighted by atomic mass is 9.95. The van der Waals surface area contributed by atoms with Gasteiger partial charge in [-0.3, -0.25) is 9.59 Å². The van der Waals surface area contributed by atoms with E-state index >= 15 is 0 Å². The normalized spacial score (nSPS) is 19.7. The molecule has 1 unspecified atom stereocenters. The van der Waals surface area contributed by atoms with Crippen molar-refractivity contribution in [2.75, 3.05) is 6.54 Å². The Morgan fingerprint density at radius 3 is 2.11 bits per heavy atom. The van der Waals surface area contributed by atoms with E-state index in [1.807, 2.05) is 0 Å². The molecule has 0 spiro atoms. The second-order valence-electron chi connectivity index (χ2n) is 5.41. The smallest absolute Gasteiger partial charge is 0.308 e. The van der Waals surface area contributed by atoms with Crippen LogP contribution in [0.5, 0.6) is 0 Å². The van der Waals surface area contributed by atoms with Gasteiger partial charge in [0.1, 0.15) is 0 Å². The first-order valence-electron chi connectivity index (χ1n) is 7.02.